The largest absolute Gasteiger partial charge is 0.314 e. The highest BCUT2D eigenvalue weighted by Gasteiger charge is 1.94. The molecule has 0 rings (SSSR count). The van der Waals surface area contributed by atoms with Gasteiger partial charge in [-0.1, -0.05) is 6.92 Å². The van der Waals surface area contributed by atoms with Gasteiger partial charge in [-0.2, -0.15) is 5.26 Å². The second kappa shape index (κ2) is 8.47. The summed E-state index contributed by atoms with van der Waals surface area (Å²) in [5.41, 5.74) is 0. The van der Waals surface area contributed by atoms with Crippen LogP contribution in [0.25, 0.3) is 0 Å². The SMILES string of the molecule is CCCN(N)CCNCCC#N. The molecule has 0 radical (unpaired) electrons. The first kappa shape index (κ1) is 11.4. The van der Waals surface area contributed by atoms with Crippen molar-refractivity contribution in [3.8, 4) is 6.07 Å². The molecule has 0 aliphatic carbocycles. The molecule has 12 heavy (non-hydrogen) atoms. The van der Waals surface area contributed by atoms with Crippen molar-refractivity contribution in [2.24, 2.45) is 5.84 Å². The average molecular weight is 170 g/mol. The zero-order valence-corrected chi connectivity index (χ0v) is 7.71. The van der Waals surface area contributed by atoms with Gasteiger partial charge in [0, 0.05) is 32.6 Å². The van der Waals surface area contributed by atoms with Gasteiger partial charge in [-0.25, -0.2) is 5.01 Å². The minimum Gasteiger partial charge on any atom is -0.314 e. The Labute approximate surface area is 74.3 Å². The molecule has 0 aliphatic rings. The monoisotopic (exact) mass is 170 g/mol. The molecular weight excluding hydrogens is 152 g/mol. The lowest BCUT2D eigenvalue weighted by atomic mass is 10.4. The molecule has 0 atom stereocenters. The molecule has 0 aromatic carbocycles. The van der Waals surface area contributed by atoms with Crippen LogP contribution in [0.15, 0.2) is 0 Å². The van der Waals surface area contributed by atoms with E-state index >= 15 is 0 Å². The molecule has 0 saturated heterocycles. The summed E-state index contributed by atoms with van der Waals surface area (Å²) < 4.78 is 0. The highest BCUT2D eigenvalue weighted by molar-refractivity contribution is 4.70. The number of hydrogen-bond donors (Lipinski definition) is 2. The van der Waals surface area contributed by atoms with E-state index in [1.807, 2.05) is 0 Å². The third-order valence-electron chi connectivity index (χ3n) is 1.50. The topological polar surface area (TPSA) is 65.1 Å². The summed E-state index contributed by atoms with van der Waals surface area (Å²) >= 11 is 0. The fourth-order valence-corrected chi connectivity index (χ4v) is 0.891. The van der Waals surface area contributed by atoms with Gasteiger partial charge in [-0.05, 0) is 6.42 Å². The van der Waals surface area contributed by atoms with Crippen molar-refractivity contribution >= 4 is 0 Å². The van der Waals surface area contributed by atoms with Gasteiger partial charge in [0.15, 0.2) is 0 Å². The summed E-state index contributed by atoms with van der Waals surface area (Å²) in [6.07, 6.45) is 1.65. The van der Waals surface area contributed by atoms with Crippen molar-refractivity contribution in [2.75, 3.05) is 26.2 Å². The number of nitriles is 1. The molecule has 70 valence electrons. The number of hydrazine groups is 1. The van der Waals surface area contributed by atoms with Gasteiger partial charge in [0.25, 0.3) is 0 Å². The molecule has 3 N–H and O–H groups in total. The predicted octanol–water partition coefficient (Wildman–Crippen LogP) is 0.0754. The first-order valence-electron chi connectivity index (χ1n) is 4.38. The van der Waals surface area contributed by atoms with E-state index in [4.69, 9.17) is 11.1 Å². The van der Waals surface area contributed by atoms with Crippen LogP contribution in [0, 0.1) is 11.3 Å². The van der Waals surface area contributed by atoms with E-state index in [0.29, 0.717) is 6.42 Å². The van der Waals surface area contributed by atoms with Crippen LogP contribution in [-0.4, -0.2) is 31.2 Å². The van der Waals surface area contributed by atoms with Crippen LogP contribution in [-0.2, 0) is 0 Å². The van der Waals surface area contributed by atoms with Crippen LogP contribution >= 0.6 is 0 Å². The Morgan fingerprint density at radius 3 is 2.75 bits per heavy atom. The minimum absolute atomic E-state index is 0.568. The Hall–Kier alpha value is -0.630. The average Bonchev–Trinajstić information content (AvgIpc) is 2.05. The summed E-state index contributed by atoms with van der Waals surface area (Å²) in [7, 11) is 0. The summed E-state index contributed by atoms with van der Waals surface area (Å²) in [5.74, 6) is 5.63. The van der Waals surface area contributed by atoms with E-state index in [9.17, 15) is 0 Å². The second-order valence-electron chi connectivity index (χ2n) is 2.69. The molecule has 0 bridgehead atoms. The van der Waals surface area contributed by atoms with E-state index < -0.39 is 0 Å². The molecule has 0 aliphatic heterocycles. The Bertz CT molecular complexity index is 130. The summed E-state index contributed by atoms with van der Waals surface area (Å²) in [6, 6.07) is 2.07. The molecular formula is C8H18N4. The fraction of sp³-hybridized carbons (Fsp3) is 0.875. The second-order valence-corrected chi connectivity index (χ2v) is 2.69. The van der Waals surface area contributed by atoms with E-state index in [1.165, 1.54) is 0 Å². The van der Waals surface area contributed by atoms with Crippen molar-refractivity contribution < 1.29 is 0 Å². The van der Waals surface area contributed by atoms with Crippen molar-refractivity contribution in [3.63, 3.8) is 0 Å². The third kappa shape index (κ3) is 7.48. The Balaban J connectivity index is 3.04. The Kier molecular flexibility index (Phi) is 8.02. The number of nitrogens with zero attached hydrogens (tertiary/aromatic N) is 2. The van der Waals surface area contributed by atoms with Gasteiger partial charge in [0.2, 0.25) is 0 Å². The van der Waals surface area contributed by atoms with Crippen LogP contribution in [0.1, 0.15) is 19.8 Å². The van der Waals surface area contributed by atoms with Crippen molar-refractivity contribution in [3.05, 3.63) is 0 Å². The first-order chi connectivity index (χ1) is 5.81. The summed E-state index contributed by atoms with van der Waals surface area (Å²) in [4.78, 5) is 0. The Morgan fingerprint density at radius 1 is 1.42 bits per heavy atom. The van der Waals surface area contributed by atoms with Gasteiger partial charge in [-0.3, -0.25) is 5.84 Å². The van der Waals surface area contributed by atoms with Crippen LogP contribution in [0.4, 0.5) is 0 Å². The quantitative estimate of drug-likeness (QED) is 0.322. The highest BCUT2D eigenvalue weighted by Crippen LogP contribution is 1.80. The molecule has 0 fully saturated rings. The van der Waals surface area contributed by atoms with Gasteiger partial charge in [-0.15, -0.1) is 0 Å². The number of nitrogens with two attached hydrogens (primary N) is 1. The van der Waals surface area contributed by atoms with Crippen LogP contribution in [0.5, 0.6) is 0 Å². The maximum Gasteiger partial charge on any atom is 0.0635 e. The molecule has 0 spiro atoms. The van der Waals surface area contributed by atoms with Crippen molar-refractivity contribution in [1.29, 1.82) is 5.26 Å². The molecule has 4 heteroatoms. The van der Waals surface area contributed by atoms with E-state index in [2.05, 4.69) is 18.3 Å². The van der Waals surface area contributed by atoms with Crippen molar-refractivity contribution in [2.45, 2.75) is 19.8 Å². The van der Waals surface area contributed by atoms with Gasteiger partial charge in [0.1, 0.15) is 0 Å². The predicted molar refractivity (Wildman–Crippen MR) is 49.2 cm³/mol. The van der Waals surface area contributed by atoms with Crippen LogP contribution in [0.3, 0.4) is 0 Å². The lowest BCUT2D eigenvalue weighted by molar-refractivity contribution is 0.283. The lowest BCUT2D eigenvalue weighted by Gasteiger charge is -2.14. The van der Waals surface area contributed by atoms with Gasteiger partial charge in [0.05, 0.1) is 6.07 Å². The summed E-state index contributed by atoms with van der Waals surface area (Å²) in [6.45, 7) is 5.50. The maximum absolute atomic E-state index is 8.23. The van der Waals surface area contributed by atoms with Crippen molar-refractivity contribution in [1.82, 2.24) is 10.3 Å². The maximum atomic E-state index is 8.23. The number of nitrogens with one attached hydrogen (secondary N) is 1. The molecule has 4 nitrogen and oxygen atoms in total. The van der Waals surface area contributed by atoms with Crippen LogP contribution < -0.4 is 11.2 Å². The number of rotatable bonds is 7. The van der Waals surface area contributed by atoms with E-state index in [-0.39, 0.29) is 0 Å². The standard InChI is InChI=1S/C8H18N4/c1-2-7-12(10)8-6-11-5-3-4-9/h11H,2-3,5-8,10H2,1H3. The molecule has 0 aromatic rings. The molecule has 0 saturated carbocycles. The summed E-state index contributed by atoms with van der Waals surface area (Å²) in [5, 5.41) is 13.2. The van der Waals surface area contributed by atoms with Gasteiger partial charge >= 0.3 is 0 Å². The fourth-order valence-electron chi connectivity index (χ4n) is 0.891. The normalized spacial score (nSPS) is 10.2. The minimum atomic E-state index is 0.568. The zero-order valence-electron chi connectivity index (χ0n) is 7.71. The first-order valence-corrected chi connectivity index (χ1v) is 4.38. The molecule has 0 unspecified atom stereocenters. The molecule has 0 amide bonds. The number of hydrogen-bond acceptors (Lipinski definition) is 4. The zero-order chi connectivity index (χ0) is 9.23. The lowest BCUT2D eigenvalue weighted by Crippen LogP contribution is -2.37. The Morgan fingerprint density at radius 2 is 2.17 bits per heavy atom. The smallest absolute Gasteiger partial charge is 0.0635 e. The van der Waals surface area contributed by atoms with Crippen LogP contribution in [0.2, 0.25) is 0 Å². The molecule has 0 aromatic heterocycles. The third-order valence-corrected chi connectivity index (χ3v) is 1.50. The van der Waals surface area contributed by atoms with E-state index in [0.717, 1.165) is 32.6 Å². The van der Waals surface area contributed by atoms with Gasteiger partial charge < -0.3 is 5.32 Å². The van der Waals surface area contributed by atoms with E-state index in [1.54, 1.807) is 5.01 Å². The highest BCUT2D eigenvalue weighted by atomic mass is 15.4. The molecule has 0 heterocycles.